The highest BCUT2D eigenvalue weighted by Crippen LogP contribution is 2.25. The normalized spacial score (nSPS) is 12.3. The van der Waals surface area contributed by atoms with Crippen molar-refractivity contribution in [2.24, 2.45) is 0 Å². The molecular formula is C17H16N4OS. The Balaban J connectivity index is 1.72. The fourth-order valence-corrected chi connectivity index (χ4v) is 2.91. The van der Waals surface area contributed by atoms with Crippen LogP contribution >= 0.6 is 11.3 Å². The molecular weight excluding hydrogens is 308 g/mol. The lowest BCUT2D eigenvalue weighted by molar-refractivity contribution is 0.202. The van der Waals surface area contributed by atoms with E-state index < -0.39 is 0 Å². The number of nitrogens with zero attached hydrogens (tertiary/aromatic N) is 4. The summed E-state index contributed by atoms with van der Waals surface area (Å²) in [7, 11) is 2.00. The molecule has 0 unspecified atom stereocenters. The molecule has 0 aliphatic carbocycles. The van der Waals surface area contributed by atoms with Crippen LogP contribution in [0.4, 0.5) is 0 Å². The maximum atomic E-state index is 8.98. The van der Waals surface area contributed by atoms with E-state index in [0.29, 0.717) is 23.8 Å². The number of hydrogen-bond acceptors (Lipinski definition) is 6. The Morgan fingerprint density at radius 3 is 2.96 bits per heavy atom. The van der Waals surface area contributed by atoms with Crippen molar-refractivity contribution in [1.29, 1.82) is 5.26 Å². The van der Waals surface area contributed by atoms with Crippen molar-refractivity contribution in [2.75, 3.05) is 7.05 Å². The third-order valence-electron chi connectivity index (χ3n) is 3.69. The molecule has 3 rings (SSSR count). The van der Waals surface area contributed by atoms with Crippen LogP contribution < -0.4 is 0 Å². The van der Waals surface area contributed by atoms with Crippen LogP contribution in [-0.2, 0) is 6.54 Å². The number of benzene rings is 1. The zero-order valence-corrected chi connectivity index (χ0v) is 13.7. The molecule has 0 saturated heterocycles. The van der Waals surface area contributed by atoms with E-state index in [9.17, 15) is 0 Å². The van der Waals surface area contributed by atoms with E-state index in [4.69, 9.17) is 9.78 Å². The molecule has 6 heteroatoms. The van der Waals surface area contributed by atoms with Gasteiger partial charge in [0.2, 0.25) is 11.7 Å². The van der Waals surface area contributed by atoms with Gasteiger partial charge >= 0.3 is 0 Å². The first kappa shape index (κ1) is 15.4. The van der Waals surface area contributed by atoms with Crippen molar-refractivity contribution in [3.8, 4) is 16.8 Å². The van der Waals surface area contributed by atoms with Gasteiger partial charge < -0.3 is 4.52 Å². The Morgan fingerprint density at radius 1 is 1.35 bits per heavy atom. The fourth-order valence-electron chi connectivity index (χ4n) is 2.26. The number of thiophene rings is 1. The summed E-state index contributed by atoms with van der Waals surface area (Å²) in [4.78, 5) is 7.60. The Morgan fingerprint density at radius 2 is 2.22 bits per heavy atom. The van der Waals surface area contributed by atoms with Gasteiger partial charge in [-0.1, -0.05) is 23.4 Å². The number of hydrogen-bond donors (Lipinski definition) is 0. The van der Waals surface area contributed by atoms with Crippen LogP contribution in [0.3, 0.4) is 0 Å². The molecule has 0 amide bonds. The second-order valence-corrected chi connectivity index (χ2v) is 6.28. The lowest BCUT2D eigenvalue weighted by atomic mass is 10.1. The molecule has 0 N–H and O–H groups in total. The monoisotopic (exact) mass is 324 g/mol. The summed E-state index contributed by atoms with van der Waals surface area (Å²) in [5.74, 6) is 1.22. The van der Waals surface area contributed by atoms with E-state index in [1.165, 1.54) is 0 Å². The molecule has 5 nitrogen and oxygen atoms in total. The zero-order valence-electron chi connectivity index (χ0n) is 12.9. The highest BCUT2D eigenvalue weighted by atomic mass is 32.1. The van der Waals surface area contributed by atoms with Gasteiger partial charge in [-0.3, -0.25) is 4.90 Å². The van der Waals surface area contributed by atoms with Gasteiger partial charge in [-0.25, -0.2) is 0 Å². The van der Waals surface area contributed by atoms with E-state index in [0.717, 1.165) is 10.4 Å². The molecule has 1 atom stereocenters. The van der Waals surface area contributed by atoms with Crippen LogP contribution in [0, 0.1) is 11.3 Å². The lowest BCUT2D eigenvalue weighted by Crippen LogP contribution is -2.22. The highest BCUT2D eigenvalue weighted by molar-refractivity contribution is 7.13. The van der Waals surface area contributed by atoms with Crippen molar-refractivity contribution in [3.05, 3.63) is 58.8 Å². The zero-order chi connectivity index (χ0) is 16.2. The summed E-state index contributed by atoms with van der Waals surface area (Å²) in [5, 5.41) is 15.0. The largest absolute Gasteiger partial charge is 0.337 e. The molecule has 116 valence electrons. The van der Waals surface area contributed by atoms with Gasteiger partial charge in [-0.2, -0.15) is 10.2 Å². The van der Waals surface area contributed by atoms with E-state index in [1.807, 2.05) is 49.7 Å². The van der Waals surface area contributed by atoms with Crippen LogP contribution in [0.2, 0.25) is 0 Å². The quantitative estimate of drug-likeness (QED) is 0.713. The van der Waals surface area contributed by atoms with Crippen molar-refractivity contribution < 1.29 is 4.52 Å². The highest BCUT2D eigenvalue weighted by Gasteiger charge is 2.19. The smallest absolute Gasteiger partial charge is 0.244 e. The van der Waals surface area contributed by atoms with Crippen LogP contribution in [0.15, 0.2) is 46.3 Å². The third-order valence-corrected chi connectivity index (χ3v) is 4.56. The average molecular weight is 324 g/mol. The predicted octanol–water partition coefficient (Wildman–Crippen LogP) is 3.86. The van der Waals surface area contributed by atoms with Crippen molar-refractivity contribution in [1.82, 2.24) is 15.0 Å². The second kappa shape index (κ2) is 6.73. The van der Waals surface area contributed by atoms with Crippen LogP contribution in [0.25, 0.3) is 10.7 Å². The van der Waals surface area contributed by atoms with E-state index in [1.54, 1.807) is 17.4 Å². The van der Waals surface area contributed by atoms with Gasteiger partial charge in [0.25, 0.3) is 0 Å². The number of aromatic nitrogens is 2. The third kappa shape index (κ3) is 3.47. The standard InChI is InChI=1S/C17H16N4OS/c1-12(17-19-16(20-22-17)15-7-4-8-23-15)21(2)11-14-6-3-5-13(9-14)10-18/h3-9,12H,11H2,1-2H3/t12-/m0/s1. The summed E-state index contributed by atoms with van der Waals surface area (Å²) < 4.78 is 5.41. The van der Waals surface area contributed by atoms with Crippen LogP contribution in [0.1, 0.15) is 30.0 Å². The van der Waals surface area contributed by atoms with Gasteiger partial charge in [-0.05, 0) is 43.1 Å². The minimum absolute atomic E-state index is 0.0121. The molecule has 0 spiro atoms. The summed E-state index contributed by atoms with van der Waals surface area (Å²) in [6, 6.07) is 13.7. The number of rotatable bonds is 5. The van der Waals surface area contributed by atoms with Crippen molar-refractivity contribution in [3.63, 3.8) is 0 Å². The van der Waals surface area contributed by atoms with Gasteiger partial charge in [0.1, 0.15) is 0 Å². The predicted molar refractivity (Wildman–Crippen MR) is 88.7 cm³/mol. The first-order valence-electron chi connectivity index (χ1n) is 7.24. The Hall–Kier alpha value is -2.49. The van der Waals surface area contributed by atoms with Gasteiger partial charge in [0, 0.05) is 6.54 Å². The van der Waals surface area contributed by atoms with Gasteiger partial charge in [0.15, 0.2) is 0 Å². The SMILES string of the molecule is C[C@@H](c1nc(-c2cccs2)no1)N(C)Cc1cccc(C#N)c1. The summed E-state index contributed by atoms with van der Waals surface area (Å²) in [6.07, 6.45) is 0. The molecule has 1 aromatic carbocycles. The molecule has 3 aromatic rings. The summed E-state index contributed by atoms with van der Waals surface area (Å²) >= 11 is 1.59. The maximum Gasteiger partial charge on any atom is 0.244 e. The summed E-state index contributed by atoms with van der Waals surface area (Å²) in [5.41, 5.74) is 1.75. The molecule has 0 aliphatic rings. The lowest BCUT2D eigenvalue weighted by Gasteiger charge is -2.21. The first-order valence-corrected chi connectivity index (χ1v) is 8.12. The Bertz CT molecular complexity index is 819. The van der Waals surface area contributed by atoms with Crippen molar-refractivity contribution >= 4 is 11.3 Å². The summed E-state index contributed by atoms with van der Waals surface area (Å²) in [6.45, 7) is 2.73. The second-order valence-electron chi connectivity index (χ2n) is 5.34. The van der Waals surface area contributed by atoms with Crippen LogP contribution in [-0.4, -0.2) is 22.1 Å². The number of nitriles is 1. The Labute approximate surface area is 138 Å². The van der Waals surface area contributed by atoms with E-state index in [2.05, 4.69) is 21.1 Å². The molecule has 0 fully saturated rings. The first-order chi connectivity index (χ1) is 11.2. The molecule has 23 heavy (non-hydrogen) atoms. The minimum Gasteiger partial charge on any atom is -0.337 e. The van der Waals surface area contributed by atoms with E-state index in [-0.39, 0.29) is 6.04 Å². The molecule has 0 radical (unpaired) electrons. The van der Waals surface area contributed by atoms with Gasteiger partial charge in [-0.15, -0.1) is 11.3 Å². The van der Waals surface area contributed by atoms with Gasteiger partial charge in [0.05, 0.1) is 22.6 Å². The fraction of sp³-hybridized carbons (Fsp3) is 0.235. The Kier molecular flexibility index (Phi) is 4.51. The topological polar surface area (TPSA) is 66.0 Å². The molecule has 0 bridgehead atoms. The molecule has 0 aliphatic heterocycles. The maximum absolute atomic E-state index is 8.98. The average Bonchev–Trinajstić information content (AvgIpc) is 3.25. The minimum atomic E-state index is -0.0121. The molecule has 2 aromatic heterocycles. The van der Waals surface area contributed by atoms with Crippen LogP contribution in [0.5, 0.6) is 0 Å². The molecule has 2 heterocycles. The molecule has 0 saturated carbocycles. The van der Waals surface area contributed by atoms with Crippen molar-refractivity contribution in [2.45, 2.75) is 19.5 Å². The van der Waals surface area contributed by atoms with E-state index >= 15 is 0 Å².